The minimum absolute atomic E-state index is 0.101. The summed E-state index contributed by atoms with van der Waals surface area (Å²) in [5, 5.41) is 5.41. The molecule has 3 heterocycles. The summed E-state index contributed by atoms with van der Waals surface area (Å²) in [4.78, 5) is 4.79. The minimum atomic E-state index is -0.101. The van der Waals surface area contributed by atoms with Crippen molar-refractivity contribution >= 4 is 11.0 Å². The number of nitrogens with zero attached hydrogens (tertiary/aromatic N) is 4. The summed E-state index contributed by atoms with van der Waals surface area (Å²) in [6.07, 6.45) is 3.66. The Bertz CT molecular complexity index is 1250. The van der Waals surface area contributed by atoms with E-state index in [4.69, 9.17) is 14.1 Å². The Morgan fingerprint density at radius 1 is 1.03 bits per heavy atom. The highest BCUT2D eigenvalue weighted by Gasteiger charge is 2.26. The molecule has 0 spiro atoms. The molecule has 0 fully saturated rings. The molecule has 2 aromatic carbocycles. The van der Waals surface area contributed by atoms with E-state index in [9.17, 15) is 0 Å². The van der Waals surface area contributed by atoms with Crippen molar-refractivity contribution in [2.45, 2.75) is 6.04 Å². The van der Waals surface area contributed by atoms with Crippen LogP contribution < -0.4 is 0 Å². The van der Waals surface area contributed by atoms with Crippen LogP contribution in [0.5, 0.6) is 0 Å². The maximum atomic E-state index is 6.27. The van der Waals surface area contributed by atoms with Gasteiger partial charge in [0.05, 0.1) is 24.3 Å². The molecule has 0 amide bonds. The summed E-state index contributed by atoms with van der Waals surface area (Å²) in [6, 6.07) is 22.2. The lowest BCUT2D eigenvalue weighted by Gasteiger charge is -2.20. The molecule has 1 atom stereocenters. The van der Waals surface area contributed by atoms with E-state index in [1.165, 1.54) is 0 Å². The normalized spacial score (nSPS) is 12.5. The number of methoxy groups -OCH3 is 1. The van der Waals surface area contributed by atoms with Gasteiger partial charge in [-0.05, 0) is 18.2 Å². The molecule has 6 nitrogen and oxygen atoms in total. The van der Waals surface area contributed by atoms with Crippen LogP contribution in [0.4, 0.5) is 0 Å². The van der Waals surface area contributed by atoms with Gasteiger partial charge in [0.25, 0.3) is 0 Å². The highest BCUT2D eigenvalue weighted by molar-refractivity contribution is 5.85. The lowest BCUT2D eigenvalue weighted by atomic mass is 10.1. The molecule has 0 aliphatic rings. The van der Waals surface area contributed by atoms with Gasteiger partial charge in [0.2, 0.25) is 0 Å². The first-order valence-corrected chi connectivity index (χ1v) is 9.84. The van der Waals surface area contributed by atoms with Gasteiger partial charge in [0, 0.05) is 31.3 Å². The van der Waals surface area contributed by atoms with Gasteiger partial charge in [-0.25, -0.2) is 4.98 Å². The number of benzene rings is 2. The number of hydrogen-bond donors (Lipinski definition) is 0. The van der Waals surface area contributed by atoms with Crippen LogP contribution in [0.3, 0.4) is 0 Å². The maximum absolute atomic E-state index is 6.27. The number of ether oxygens (including phenoxy) is 1. The molecule has 0 saturated heterocycles. The lowest BCUT2D eigenvalue weighted by Crippen LogP contribution is -2.19. The number of rotatable bonds is 6. The molecule has 0 unspecified atom stereocenters. The molecule has 0 aliphatic carbocycles. The molecule has 0 saturated carbocycles. The fourth-order valence-corrected chi connectivity index (χ4v) is 3.92. The van der Waals surface area contributed by atoms with Crippen molar-refractivity contribution in [3.63, 3.8) is 0 Å². The Kier molecular flexibility index (Phi) is 4.69. The number of hydrogen-bond acceptors (Lipinski definition) is 4. The molecule has 0 bridgehead atoms. The van der Waals surface area contributed by atoms with E-state index in [0.29, 0.717) is 6.61 Å². The summed E-state index contributed by atoms with van der Waals surface area (Å²) < 4.78 is 15.8. The topological polar surface area (TPSA) is 58.0 Å². The number of furan rings is 1. The van der Waals surface area contributed by atoms with E-state index in [1.807, 2.05) is 60.5 Å². The maximum Gasteiger partial charge on any atom is 0.154 e. The average Bonchev–Trinajstić information content (AvgIpc) is 3.50. The van der Waals surface area contributed by atoms with Crippen molar-refractivity contribution in [3.8, 4) is 22.7 Å². The van der Waals surface area contributed by atoms with Gasteiger partial charge in [-0.2, -0.15) is 5.10 Å². The van der Waals surface area contributed by atoms with Gasteiger partial charge in [-0.1, -0.05) is 48.5 Å². The second-order valence-electron chi connectivity index (χ2n) is 7.21. The lowest BCUT2D eigenvalue weighted by molar-refractivity contribution is 0.166. The third-order valence-corrected chi connectivity index (χ3v) is 5.36. The summed E-state index contributed by atoms with van der Waals surface area (Å²) in [6.45, 7) is 0.483. The van der Waals surface area contributed by atoms with Gasteiger partial charge < -0.3 is 13.7 Å². The first kappa shape index (κ1) is 18.4. The second kappa shape index (κ2) is 7.65. The molecule has 3 aromatic heterocycles. The number of imidazole rings is 1. The van der Waals surface area contributed by atoms with Crippen molar-refractivity contribution in [3.05, 3.63) is 84.9 Å². The van der Waals surface area contributed by atoms with Gasteiger partial charge in [-0.3, -0.25) is 4.68 Å². The number of aryl methyl sites for hydroxylation is 1. The molecule has 5 rings (SSSR count). The third-order valence-electron chi connectivity index (χ3n) is 5.36. The minimum Gasteiger partial charge on any atom is -0.454 e. The van der Waals surface area contributed by atoms with Crippen LogP contribution in [0, 0.1) is 0 Å². The van der Waals surface area contributed by atoms with Crippen molar-refractivity contribution < 1.29 is 9.15 Å². The summed E-state index contributed by atoms with van der Waals surface area (Å²) in [5.41, 5.74) is 4.71. The fraction of sp³-hybridized carbons (Fsp3) is 0.167. The Morgan fingerprint density at radius 3 is 2.57 bits per heavy atom. The van der Waals surface area contributed by atoms with E-state index >= 15 is 0 Å². The molecule has 0 aliphatic heterocycles. The van der Waals surface area contributed by atoms with Crippen LogP contribution in [0.2, 0.25) is 0 Å². The van der Waals surface area contributed by atoms with E-state index in [0.717, 1.165) is 39.4 Å². The van der Waals surface area contributed by atoms with Crippen molar-refractivity contribution in [1.82, 2.24) is 19.3 Å². The third kappa shape index (κ3) is 3.11. The first-order chi connectivity index (χ1) is 14.8. The number of fused-ring (bicyclic) bond motifs is 1. The summed E-state index contributed by atoms with van der Waals surface area (Å²) in [7, 11) is 3.65. The van der Waals surface area contributed by atoms with Gasteiger partial charge in [-0.15, -0.1) is 0 Å². The molecule has 30 heavy (non-hydrogen) atoms. The van der Waals surface area contributed by atoms with E-state index in [2.05, 4.69) is 33.9 Å². The van der Waals surface area contributed by atoms with Crippen LogP contribution in [0.1, 0.15) is 11.7 Å². The molecule has 0 radical (unpaired) electrons. The predicted octanol–water partition coefficient (Wildman–Crippen LogP) is 4.93. The van der Waals surface area contributed by atoms with E-state index in [-0.39, 0.29) is 6.04 Å². The molecular weight excluding hydrogens is 376 g/mol. The van der Waals surface area contributed by atoms with Crippen LogP contribution in [0.15, 0.2) is 83.7 Å². The average molecular weight is 398 g/mol. The van der Waals surface area contributed by atoms with Crippen molar-refractivity contribution in [2.75, 3.05) is 13.7 Å². The Hall–Kier alpha value is -3.64. The monoisotopic (exact) mass is 398 g/mol. The summed E-state index contributed by atoms with van der Waals surface area (Å²) in [5.74, 6) is 0.774. The Balaban J connectivity index is 1.75. The Morgan fingerprint density at radius 2 is 1.83 bits per heavy atom. The van der Waals surface area contributed by atoms with Gasteiger partial charge in [0.1, 0.15) is 17.3 Å². The first-order valence-electron chi connectivity index (χ1n) is 9.84. The highest BCUT2D eigenvalue weighted by Crippen LogP contribution is 2.37. The van der Waals surface area contributed by atoms with E-state index < -0.39 is 0 Å². The zero-order valence-corrected chi connectivity index (χ0v) is 16.9. The van der Waals surface area contributed by atoms with Crippen molar-refractivity contribution in [1.29, 1.82) is 0 Å². The SMILES string of the molecule is COC[C@@H](c1ccnn1C)n1cnc(-c2ccccc2)c1-c1cc2ccccc2o1. The zero-order valence-electron chi connectivity index (χ0n) is 16.9. The van der Waals surface area contributed by atoms with Crippen LogP contribution in [-0.4, -0.2) is 33.0 Å². The molecule has 5 aromatic rings. The van der Waals surface area contributed by atoms with E-state index in [1.54, 1.807) is 13.3 Å². The second-order valence-corrected chi connectivity index (χ2v) is 7.21. The van der Waals surface area contributed by atoms with Crippen LogP contribution in [0.25, 0.3) is 33.7 Å². The largest absolute Gasteiger partial charge is 0.454 e. The van der Waals surface area contributed by atoms with Gasteiger partial charge in [0.15, 0.2) is 5.76 Å². The number of aromatic nitrogens is 4. The smallest absolute Gasteiger partial charge is 0.154 e. The molecule has 6 heteroatoms. The molecule has 150 valence electrons. The van der Waals surface area contributed by atoms with Crippen LogP contribution >= 0.6 is 0 Å². The fourth-order valence-electron chi connectivity index (χ4n) is 3.92. The molecule has 0 N–H and O–H groups in total. The standard InChI is InChI=1S/C24H22N4O2/c1-27-19(12-13-26-27)20(15-29-2)28-16-25-23(17-8-4-3-5-9-17)24(28)22-14-18-10-6-7-11-21(18)30-22/h3-14,16,20H,15H2,1-2H3/t20-/m0/s1. The number of para-hydroxylation sites is 1. The van der Waals surface area contributed by atoms with Crippen molar-refractivity contribution in [2.24, 2.45) is 7.05 Å². The predicted molar refractivity (Wildman–Crippen MR) is 116 cm³/mol. The Labute approximate surface area is 174 Å². The quantitative estimate of drug-likeness (QED) is 0.407. The highest BCUT2D eigenvalue weighted by atomic mass is 16.5. The summed E-state index contributed by atoms with van der Waals surface area (Å²) >= 11 is 0. The van der Waals surface area contributed by atoms with Crippen LogP contribution in [-0.2, 0) is 11.8 Å². The zero-order chi connectivity index (χ0) is 20.5. The van der Waals surface area contributed by atoms with Gasteiger partial charge >= 0.3 is 0 Å². The molecular formula is C24H22N4O2.